The Morgan fingerprint density at radius 1 is 1.25 bits per heavy atom. The molecule has 0 amide bonds. The van der Waals surface area contributed by atoms with Crippen LogP contribution in [0.15, 0.2) is 18.2 Å². The number of nitriles is 2. The molecule has 1 aliphatic heterocycles. The first-order valence-electron chi connectivity index (χ1n) is 6.96. The summed E-state index contributed by atoms with van der Waals surface area (Å²) in [6, 6.07) is 9.75. The zero-order valence-corrected chi connectivity index (χ0v) is 11.9. The minimum Gasteiger partial charge on any atom is -0.382 e. The average molecular weight is 269 g/mol. The van der Waals surface area contributed by atoms with Crippen molar-refractivity contribution in [2.45, 2.75) is 38.8 Å². The van der Waals surface area contributed by atoms with Gasteiger partial charge in [-0.1, -0.05) is 13.8 Å². The maximum absolute atomic E-state index is 9.05. The molecule has 0 radical (unpaired) electrons. The maximum Gasteiger partial charge on any atom is 0.101 e. The SMILES string of the molecule is CC(C)C1CC(Nc2ccc(C#N)c(C#N)c2)CCO1. The van der Waals surface area contributed by atoms with E-state index in [9.17, 15) is 0 Å². The van der Waals surface area contributed by atoms with Crippen molar-refractivity contribution < 1.29 is 4.74 Å². The molecule has 1 aliphatic rings. The van der Waals surface area contributed by atoms with Gasteiger partial charge in [0.2, 0.25) is 0 Å². The molecule has 0 aromatic heterocycles. The molecule has 0 spiro atoms. The third-order valence-corrected chi connectivity index (χ3v) is 3.69. The molecule has 1 aromatic rings. The van der Waals surface area contributed by atoms with Gasteiger partial charge in [0.1, 0.15) is 12.1 Å². The van der Waals surface area contributed by atoms with Crippen molar-refractivity contribution in [2.24, 2.45) is 5.92 Å². The van der Waals surface area contributed by atoms with Gasteiger partial charge in [0.25, 0.3) is 0 Å². The summed E-state index contributed by atoms with van der Waals surface area (Å²) in [7, 11) is 0. The molecule has 20 heavy (non-hydrogen) atoms. The van der Waals surface area contributed by atoms with E-state index in [1.165, 1.54) is 0 Å². The first-order chi connectivity index (χ1) is 9.63. The predicted molar refractivity (Wildman–Crippen MR) is 77.1 cm³/mol. The average Bonchev–Trinajstić information content (AvgIpc) is 2.47. The molecular weight excluding hydrogens is 250 g/mol. The van der Waals surface area contributed by atoms with Gasteiger partial charge >= 0.3 is 0 Å². The van der Waals surface area contributed by atoms with Crippen molar-refractivity contribution in [3.8, 4) is 12.1 Å². The lowest BCUT2D eigenvalue weighted by Gasteiger charge is -2.33. The number of anilines is 1. The fraction of sp³-hybridized carbons (Fsp3) is 0.500. The molecule has 1 N–H and O–H groups in total. The van der Waals surface area contributed by atoms with Crippen LogP contribution in [-0.2, 0) is 4.74 Å². The molecular formula is C16H19N3O. The Bertz CT molecular complexity index is 554. The van der Waals surface area contributed by atoms with Gasteiger partial charge in [0.05, 0.1) is 17.2 Å². The Labute approximate surface area is 120 Å². The van der Waals surface area contributed by atoms with Crippen LogP contribution >= 0.6 is 0 Å². The molecule has 2 atom stereocenters. The van der Waals surface area contributed by atoms with Gasteiger partial charge in [-0.15, -0.1) is 0 Å². The van der Waals surface area contributed by atoms with Gasteiger partial charge in [0.15, 0.2) is 0 Å². The second-order valence-corrected chi connectivity index (χ2v) is 5.50. The number of ether oxygens (including phenoxy) is 1. The Hall–Kier alpha value is -2.04. The third kappa shape index (κ3) is 3.29. The summed E-state index contributed by atoms with van der Waals surface area (Å²) < 4.78 is 5.75. The van der Waals surface area contributed by atoms with Crippen molar-refractivity contribution in [3.63, 3.8) is 0 Å². The van der Waals surface area contributed by atoms with Crippen molar-refractivity contribution in [1.82, 2.24) is 0 Å². The van der Waals surface area contributed by atoms with E-state index in [0.717, 1.165) is 25.1 Å². The smallest absolute Gasteiger partial charge is 0.101 e. The van der Waals surface area contributed by atoms with Gasteiger partial charge in [-0.2, -0.15) is 10.5 Å². The fourth-order valence-corrected chi connectivity index (χ4v) is 2.48. The minimum atomic E-state index is 0.287. The van der Waals surface area contributed by atoms with Crippen LogP contribution in [0.25, 0.3) is 0 Å². The Morgan fingerprint density at radius 3 is 2.65 bits per heavy atom. The lowest BCUT2D eigenvalue weighted by atomic mass is 9.95. The quantitative estimate of drug-likeness (QED) is 0.915. The van der Waals surface area contributed by atoms with Crippen LogP contribution in [0.3, 0.4) is 0 Å². The normalized spacial score (nSPS) is 22.1. The van der Waals surface area contributed by atoms with E-state index < -0.39 is 0 Å². The van der Waals surface area contributed by atoms with Crippen LogP contribution in [-0.4, -0.2) is 18.8 Å². The standard InChI is InChI=1S/C16H19N3O/c1-11(2)16-8-15(5-6-20-16)19-14-4-3-12(9-17)13(7-14)10-18/h3-4,7,11,15-16,19H,5-6,8H2,1-2H3. The molecule has 0 bridgehead atoms. The molecule has 1 fully saturated rings. The van der Waals surface area contributed by atoms with E-state index in [2.05, 4.69) is 25.2 Å². The van der Waals surface area contributed by atoms with E-state index >= 15 is 0 Å². The number of nitrogens with zero attached hydrogens (tertiary/aromatic N) is 2. The van der Waals surface area contributed by atoms with Crippen LogP contribution < -0.4 is 5.32 Å². The topological polar surface area (TPSA) is 68.8 Å². The molecule has 1 heterocycles. The molecule has 4 nitrogen and oxygen atoms in total. The van der Waals surface area contributed by atoms with E-state index in [1.54, 1.807) is 12.1 Å². The summed E-state index contributed by atoms with van der Waals surface area (Å²) >= 11 is 0. The van der Waals surface area contributed by atoms with Gasteiger partial charge in [0, 0.05) is 18.3 Å². The number of nitrogens with one attached hydrogen (secondary N) is 1. The summed E-state index contributed by atoms with van der Waals surface area (Å²) in [5.41, 5.74) is 1.74. The van der Waals surface area contributed by atoms with Crippen LogP contribution in [0.2, 0.25) is 0 Å². The third-order valence-electron chi connectivity index (χ3n) is 3.69. The first kappa shape index (κ1) is 14.4. The summed E-state index contributed by atoms with van der Waals surface area (Å²) in [4.78, 5) is 0. The highest BCUT2D eigenvalue weighted by atomic mass is 16.5. The van der Waals surface area contributed by atoms with E-state index in [-0.39, 0.29) is 6.10 Å². The lowest BCUT2D eigenvalue weighted by molar-refractivity contribution is -0.0160. The number of benzene rings is 1. The number of rotatable bonds is 3. The molecule has 104 valence electrons. The van der Waals surface area contributed by atoms with E-state index in [4.69, 9.17) is 15.3 Å². The molecule has 2 unspecified atom stereocenters. The predicted octanol–water partition coefficient (Wildman–Crippen LogP) is 3.05. The summed E-state index contributed by atoms with van der Waals surface area (Å²) in [6.07, 6.45) is 2.22. The minimum absolute atomic E-state index is 0.287. The van der Waals surface area contributed by atoms with Gasteiger partial charge < -0.3 is 10.1 Å². The first-order valence-corrected chi connectivity index (χ1v) is 6.96. The highest BCUT2D eigenvalue weighted by Gasteiger charge is 2.24. The molecule has 1 saturated heterocycles. The monoisotopic (exact) mass is 269 g/mol. The van der Waals surface area contributed by atoms with Crippen LogP contribution in [0.5, 0.6) is 0 Å². The molecule has 0 saturated carbocycles. The molecule has 0 aliphatic carbocycles. The Balaban J connectivity index is 2.07. The summed E-state index contributed by atoms with van der Waals surface area (Å²) in [5.74, 6) is 0.509. The van der Waals surface area contributed by atoms with E-state index in [1.807, 2.05) is 12.1 Å². The van der Waals surface area contributed by atoms with Crippen molar-refractivity contribution >= 4 is 5.69 Å². The Kier molecular flexibility index (Phi) is 4.61. The molecule has 1 aromatic carbocycles. The van der Waals surface area contributed by atoms with Crippen molar-refractivity contribution in [1.29, 1.82) is 10.5 Å². The van der Waals surface area contributed by atoms with Gasteiger partial charge in [-0.25, -0.2) is 0 Å². The van der Waals surface area contributed by atoms with Crippen LogP contribution in [0.4, 0.5) is 5.69 Å². The molecule has 2 rings (SSSR count). The number of hydrogen-bond donors (Lipinski definition) is 1. The zero-order chi connectivity index (χ0) is 14.5. The zero-order valence-electron chi connectivity index (χ0n) is 11.9. The van der Waals surface area contributed by atoms with E-state index in [0.29, 0.717) is 23.1 Å². The highest BCUT2D eigenvalue weighted by molar-refractivity contribution is 5.56. The second-order valence-electron chi connectivity index (χ2n) is 5.50. The van der Waals surface area contributed by atoms with Crippen molar-refractivity contribution in [3.05, 3.63) is 29.3 Å². The second kappa shape index (κ2) is 6.41. The largest absolute Gasteiger partial charge is 0.382 e. The van der Waals surface area contributed by atoms with Gasteiger partial charge in [-0.05, 0) is 37.0 Å². The Morgan fingerprint density at radius 2 is 2.00 bits per heavy atom. The lowest BCUT2D eigenvalue weighted by Crippen LogP contribution is -2.36. The maximum atomic E-state index is 9.05. The summed E-state index contributed by atoms with van der Waals surface area (Å²) in [5, 5.41) is 21.4. The van der Waals surface area contributed by atoms with Crippen LogP contribution in [0.1, 0.15) is 37.8 Å². The highest BCUT2D eigenvalue weighted by Crippen LogP contribution is 2.24. The van der Waals surface area contributed by atoms with Crippen molar-refractivity contribution in [2.75, 3.05) is 11.9 Å². The fourth-order valence-electron chi connectivity index (χ4n) is 2.48. The number of hydrogen-bond acceptors (Lipinski definition) is 4. The summed E-state index contributed by atoms with van der Waals surface area (Å²) in [6.45, 7) is 5.10. The molecule has 4 heteroatoms. The van der Waals surface area contributed by atoms with Crippen LogP contribution in [0, 0.1) is 28.6 Å². The van der Waals surface area contributed by atoms with Gasteiger partial charge in [-0.3, -0.25) is 0 Å².